The summed E-state index contributed by atoms with van der Waals surface area (Å²) in [7, 11) is 0. The van der Waals surface area contributed by atoms with Crippen molar-refractivity contribution < 1.29 is 9.32 Å². The van der Waals surface area contributed by atoms with Crippen LogP contribution < -0.4 is 5.32 Å². The highest BCUT2D eigenvalue weighted by Crippen LogP contribution is 2.17. The molecule has 6 heteroatoms. The molecule has 2 aromatic heterocycles. The quantitative estimate of drug-likeness (QED) is 0.751. The molecule has 1 amide bonds. The van der Waals surface area contributed by atoms with E-state index in [0.717, 1.165) is 10.9 Å². The van der Waals surface area contributed by atoms with Gasteiger partial charge in [0.1, 0.15) is 0 Å². The second-order valence-corrected chi connectivity index (χ2v) is 4.23. The molecule has 96 valence electrons. The minimum atomic E-state index is -0.309. The average Bonchev–Trinajstić information content (AvgIpc) is 3.08. The molecule has 0 bridgehead atoms. The van der Waals surface area contributed by atoms with Crippen LogP contribution in [0.4, 0.5) is 0 Å². The summed E-state index contributed by atoms with van der Waals surface area (Å²) in [5.74, 6) is 0.275. The Morgan fingerprint density at radius 2 is 2.32 bits per heavy atom. The van der Waals surface area contributed by atoms with E-state index in [1.54, 1.807) is 13.0 Å². The number of aromatic amines is 1. The fraction of sp³-hybridized carbons (Fsp3) is 0.154. The van der Waals surface area contributed by atoms with E-state index in [1.807, 2.05) is 24.4 Å². The van der Waals surface area contributed by atoms with Gasteiger partial charge >= 0.3 is 0 Å². The first-order valence-corrected chi connectivity index (χ1v) is 5.89. The first-order chi connectivity index (χ1) is 9.25. The second-order valence-electron chi connectivity index (χ2n) is 4.23. The van der Waals surface area contributed by atoms with Crippen LogP contribution in [-0.4, -0.2) is 21.0 Å². The number of hydrogen-bond donors (Lipinski definition) is 2. The Kier molecular flexibility index (Phi) is 2.75. The van der Waals surface area contributed by atoms with Crippen molar-refractivity contribution in [1.82, 2.24) is 20.4 Å². The molecule has 0 radical (unpaired) electrons. The van der Waals surface area contributed by atoms with Gasteiger partial charge in [-0.2, -0.15) is 4.98 Å². The first-order valence-electron chi connectivity index (χ1n) is 5.89. The molecular weight excluding hydrogens is 244 g/mol. The van der Waals surface area contributed by atoms with Crippen molar-refractivity contribution in [2.75, 3.05) is 0 Å². The fourth-order valence-corrected chi connectivity index (χ4v) is 1.98. The third kappa shape index (κ3) is 2.08. The van der Waals surface area contributed by atoms with Crippen LogP contribution in [-0.2, 0) is 0 Å². The number of fused-ring (bicyclic) bond motifs is 1. The van der Waals surface area contributed by atoms with Gasteiger partial charge in [-0.05, 0) is 19.1 Å². The zero-order valence-corrected chi connectivity index (χ0v) is 10.3. The van der Waals surface area contributed by atoms with Crippen molar-refractivity contribution in [3.05, 3.63) is 48.2 Å². The number of carbonyl (C=O) groups excluding carboxylic acids is 1. The van der Waals surface area contributed by atoms with Gasteiger partial charge < -0.3 is 14.8 Å². The second kappa shape index (κ2) is 4.56. The van der Waals surface area contributed by atoms with Crippen molar-refractivity contribution in [3.63, 3.8) is 0 Å². The van der Waals surface area contributed by atoms with Crippen molar-refractivity contribution in [2.24, 2.45) is 0 Å². The summed E-state index contributed by atoms with van der Waals surface area (Å²) in [5.41, 5.74) is 1.41. The minimum Gasteiger partial charge on any atom is -0.361 e. The van der Waals surface area contributed by atoms with Gasteiger partial charge in [0, 0.05) is 11.6 Å². The van der Waals surface area contributed by atoms with E-state index in [1.165, 1.54) is 6.39 Å². The molecule has 0 saturated carbocycles. The monoisotopic (exact) mass is 256 g/mol. The number of nitrogens with zero attached hydrogens (tertiary/aromatic N) is 2. The predicted molar refractivity (Wildman–Crippen MR) is 68.5 cm³/mol. The third-order valence-corrected chi connectivity index (χ3v) is 2.95. The molecule has 3 rings (SSSR count). The summed E-state index contributed by atoms with van der Waals surface area (Å²) in [5, 5.41) is 7.54. The van der Waals surface area contributed by atoms with Gasteiger partial charge in [-0.15, -0.1) is 0 Å². The maximum atomic E-state index is 12.2. The van der Waals surface area contributed by atoms with Gasteiger partial charge in [0.15, 0.2) is 5.82 Å². The molecule has 6 nitrogen and oxygen atoms in total. The van der Waals surface area contributed by atoms with E-state index < -0.39 is 0 Å². The maximum Gasteiger partial charge on any atom is 0.253 e. The van der Waals surface area contributed by atoms with Gasteiger partial charge in [0.05, 0.1) is 17.1 Å². The van der Waals surface area contributed by atoms with Crippen molar-refractivity contribution in [1.29, 1.82) is 0 Å². The summed E-state index contributed by atoms with van der Waals surface area (Å²) >= 11 is 0. The van der Waals surface area contributed by atoms with Crippen molar-refractivity contribution >= 4 is 16.8 Å². The number of para-hydroxylation sites is 1. The third-order valence-electron chi connectivity index (χ3n) is 2.95. The number of benzene rings is 1. The standard InChI is InChI=1S/C13H12N4O2/c1-8(12-15-7-19-17-12)16-13(18)10-4-2-3-9-5-6-14-11(9)10/h2-8,14H,1H3,(H,16,18). The maximum absolute atomic E-state index is 12.2. The Bertz CT molecular complexity index is 702. The van der Waals surface area contributed by atoms with Gasteiger partial charge in [-0.1, -0.05) is 17.3 Å². The number of carbonyl (C=O) groups is 1. The van der Waals surface area contributed by atoms with Crippen molar-refractivity contribution in [2.45, 2.75) is 13.0 Å². The van der Waals surface area contributed by atoms with Gasteiger partial charge in [0.25, 0.3) is 5.91 Å². The molecule has 1 atom stereocenters. The highest BCUT2D eigenvalue weighted by Gasteiger charge is 2.16. The highest BCUT2D eigenvalue weighted by molar-refractivity contribution is 6.05. The Hall–Kier alpha value is -2.63. The van der Waals surface area contributed by atoms with Crippen LogP contribution in [0.2, 0.25) is 0 Å². The molecule has 19 heavy (non-hydrogen) atoms. The van der Waals surface area contributed by atoms with Gasteiger partial charge in [0.2, 0.25) is 6.39 Å². The molecule has 2 N–H and O–H groups in total. The summed E-state index contributed by atoms with van der Waals surface area (Å²) in [6, 6.07) is 7.19. The van der Waals surface area contributed by atoms with E-state index in [0.29, 0.717) is 11.4 Å². The lowest BCUT2D eigenvalue weighted by Crippen LogP contribution is -2.27. The van der Waals surface area contributed by atoms with Crippen LogP contribution in [0.3, 0.4) is 0 Å². The van der Waals surface area contributed by atoms with Crippen LogP contribution >= 0.6 is 0 Å². The number of aromatic nitrogens is 3. The zero-order chi connectivity index (χ0) is 13.2. The molecule has 3 aromatic rings. The smallest absolute Gasteiger partial charge is 0.253 e. The molecule has 0 fully saturated rings. The molecule has 0 aliphatic carbocycles. The zero-order valence-electron chi connectivity index (χ0n) is 10.3. The Labute approximate surface area is 108 Å². The molecule has 0 aliphatic rings. The molecule has 2 heterocycles. The van der Waals surface area contributed by atoms with Gasteiger partial charge in [-0.25, -0.2) is 0 Å². The lowest BCUT2D eigenvalue weighted by molar-refractivity contribution is 0.0939. The molecule has 1 unspecified atom stereocenters. The van der Waals surface area contributed by atoms with Crippen molar-refractivity contribution in [3.8, 4) is 0 Å². The average molecular weight is 256 g/mol. The van der Waals surface area contributed by atoms with Crippen LogP contribution in [0.15, 0.2) is 41.4 Å². The summed E-state index contributed by atoms with van der Waals surface area (Å²) in [6.07, 6.45) is 3.05. The first kappa shape index (κ1) is 11.5. The Balaban J connectivity index is 1.86. The summed E-state index contributed by atoms with van der Waals surface area (Å²) in [6.45, 7) is 1.80. The van der Waals surface area contributed by atoms with Crippen LogP contribution in [0, 0.1) is 0 Å². The fourth-order valence-electron chi connectivity index (χ4n) is 1.98. The SMILES string of the molecule is CC(NC(=O)c1cccc2cc[nH]c12)c1ncon1. The lowest BCUT2D eigenvalue weighted by atomic mass is 10.1. The lowest BCUT2D eigenvalue weighted by Gasteiger charge is -2.10. The summed E-state index contributed by atoms with van der Waals surface area (Å²) in [4.78, 5) is 19.2. The van der Waals surface area contributed by atoms with Crippen LogP contribution in [0.25, 0.3) is 10.9 Å². The van der Waals surface area contributed by atoms with E-state index in [2.05, 4.69) is 25.0 Å². The van der Waals surface area contributed by atoms with Gasteiger partial charge in [-0.3, -0.25) is 4.79 Å². The Morgan fingerprint density at radius 3 is 3.11 bits per heavy atom. The minimum absolute atomic E-state index is 0.176. The normalized spacial score (nSPS) is 12.5. The van der Waals surface area contributed by atoms with Crippen LogP contribution in [0.5, 0.6) is 0 Å². The molecule has 0 saturated heterocycles. The predicted octanol–water partition coefficient (Wildman–Crippen LogP) is 2.04. The van der Waals surface area contributed by atoms with E-state index in [4.69, 9.17) is 0 Å². The number of nitrogens with one attached hydrogen (secondary N) is 2. The topological polar surface area (TPSA) is 83.8 Å². The van der Waals surface area contributed by atoms with E-state index in [-0.39, 0.29) is 11.9 Å². The molecule has 0 aliphatic heterocycles. The largest absolute Gasteiger partial charge is 0.361 e. The Morgan fingerprint density at radius 1 is 1.42 bits per heavy atom. The highest BCUT2D eigenvalue weighted by atomic mass is 16.5. The number of H-pyrrole nitrogens is 1. The van der Waals surface area contributed by atoms with E-state index >= 15 is 0 Å². The molecule has 0 spiro atoms. The number of rotatable bonds is 3. The summed E-state index contributed by atoms with van der Waals surface area (Å²) < 4.78 is 4.66. The molecule has 1 aromatic carbocycles. The van der Waals surface area contributed by atoms with E-state index in [9.17, 15) is 4.79 Å². The number of hydrogen-bond acceptors (Lipinski definition) is 4. The molecular formula is C13H12N4O2. The number of amides is 1. The van der Waals surface area contributed by atoms with Crippen LogP contribution in [0.1, 0.15) is 29.1 Å².